The highest BCUT2D eigenvalue weighted by Crippen LogP contribution is 2.17. The summed E-state index contributed by atoms with van der Waals surface area (Å²) in [6.07, 6.45) is 2.21. The number of hydrogen-bond acceptors (Lipinski definition) is 5. The van der Waals surface area contributed by atoms with Gasteiger partial charge in [0.25, 0.3) is 5.91 Å². The van der Waals surface area contributed by atoms with Crippen LogP contribution in [0, 0.1) is 6.92 Å². The first kappa shape index (κ1) is 16.0. The molecule has 3 rings (SSSR count). The predicted molar refractivity (Wildman–Crippen MR) is 88.9 cm³/mol. The molecule has 0 spiro atoms. The molecule has 5 nitrogen and oxygen atoms in total. The number of aromatic nitrogens is 1. The second kappa shape index (κ2) is 7.57. The van der Waals surface area contributed by atoms with E-state index in [1.165, 1.54) is 11.3 Å². The number of thiazole rings is 1. The van der Waals surface area contributed by atoms with Crippen molar-refractivity contribution in [3.8, 4) is 5.75 Å². The molecule has 0 saturated carbocycles. The smallest absolute Gasteiger partial charge is 0.270 e. The van der Waals surface area contributed by atoms with Crippen molar-refractivity contribution in [1.29, 1.82) is 0 Å². The Kier molecular flexibility index (Phi) is 5.25. The van der Waals surface area contributed by atoms with Gasteiger partial charge in [-0.25, -0.2) is 4.98 Å². The molecule has 1 aliphatic rings. The van der Waals surface area contributed by atoms with E-state index in [-0.39, 0.29) is 12.0 Å². The van der Waals surface area contributed by atoms with E-state index in [1.807, 2.05) is 31.2 Å². The lowest BCUT2D eigenvalue weighted by atomic mass is 10.2. The predicted octanol–water partition coefficient (Wildman–Crippen LogP) is 2.94. The van der Waals surface area contributed by atoms with Crippen molar-refractivity contribution in [2.75, 3.05) is 13.2 Å². The minimum absolute atomic E-state index is 0.140. The lowest BCUT2D eigenvalue weighted by Crippen LogP contribution is -2.31. The van der Waals surface area contributed by atoms with Crippen LogP contribution in [0.5, 0.6) is 5.75 Å². The molecule has 122 valence electrons. The molecule has 1 atom stereocenters. The summed E-state index contributed by atoms with van der Waals surface area (Å²) in [5.41, 5.74) is 1.59. The molecule has 23 heavy (non-hydrogen) atoms. The number of carbonyl (C=O) groups excluding carboxylic acids is 1. The summed E-state index contributed by atoms with van der Waals surface area (Å²) < 4.78 is 11.2. The van der Waals surface area contributed by atoms with Gasteiger partial charge in [-0.05, 0) is 37.5 Å². The van der Waals surface area contributed by atoms with Gasteiger partial charge in [0.15, 0.2) is 0 Å². The van der Waals surface area contributed by atoms with Gasteiger partial charge in [-0.2, -0.15) is 0 Å². The summed E-state index contributed by atoms with van der Waals surface area (Å²) in [6, 6.07) is 7.86. The molecular weight excluding hydrogens is 312 g/mol. The number of nitrogens with one attached hydrogen (secondary N) is 1. The summed E-state index contributed by atoms with van der Waals surface area (Å²) in [7, 11) is 0. The van der Waals surface area contributed by atoms with Gasteiger partial charge in [-0.15, -0.1) is 11.3 Å². The fourth-order valence-electron chi connectivity index (χ4n) is 2.43. The van der Waals surface area contributed by atoms with Crippen LogP contribution in [0.4, 0.5) is 0 Å². The topological polar surface area (TPSA) is 60.5 Å². The van der Waals surface area contributed by atoms with Crippen LogP contribution in [-0.2, 0) is 11.3 Å². The summed E-state index contributed by atoms with van der Waals surface area (Å²) in [5, 5.41) is 5.42. The van der Waals surface area contributed by atoms with Crippen molar-refractivity contribution >= 4 is 17.2 Å². The third kappa shape index (κ3) is 4.53. The van der Waals surface area contributed by atoms with Gasteiger partial charge in [0.05, 0.1) is 6.10 Å². The Balaban J connectivity index is 1.49. The number of carbonyl (C=O) groups is 1. The molecule has 1 fully saturated rings. The van der Waals surface area contributed by atoms with Crippen LogP contribution in [0.3, 0.4) is 0 Å². The summed E-state index contributed by atoms with van der Waals surface area (Å²) in [5.74, 6) is 0.656. The maximum atomic E-state index is 12.1. The molecule has 6 heteroatoms. The van der Waals surface area contributed by atoms with Gasteiger partial charge < -0.3 is 14.8 Å². The zero-order valence-corrected chi connectivity index (χ0v) is 13.9. The van der Waals surface area contributed by atoms with Crippen LogP contribution in [0.1, 0.15) is 33.9 Å². The van der Waals surface area contributed by atoms with E-state index in [1.54, 1.807) is 5.38 Å². The average Bonchev–Trinajstić information content (AvgIpc) is 3.22. The first-order chi connectivity index (χ1) is 11.2. The van der Waals surface area contributed by atoms with Gasteiger partial charge in [0.1, 0.15) is 23.1 Å². The Hall–Kier alpha value is -1.92. The van der Waals surface area contributed by atoms with E-state index in [0.29, 0.717) is 18.8 Å². The maximum absolute atomic E-state index is 12.1. The van der Waals surface area contributed by atoms with Crippen LogP contribution in [0.25, 0.3) is 0 Å². The summed E-state index contributed by atoms with van der Waals surface area (Å²) in [6.45, 7) is 3.73. The molecule has 1 amide bonds. The molecule has 1 saturated heterocycles. The van der Waals surface area contributed by atoms with Crippen molar-refractivity contribution in [3.05, 3.63) is 45.9 Å². The van der Waals surface area contributed by atoms with Crippen LogP contribution in [0.15, 0.2) is 29.6 Å². The van der Waals surface area contributed by atoms with E-state index in [0.717, 1.165) is 35.8 Å². The molecule has 2 aromatic rings. The standard InChI is InChI=1S/C17H20N2O3S/c1-12-4-2-5-13(8-12)22-10-16-19-15(11-23-16)17(20)18-9-14-6-3-7-21-14/h2,4-5,8,11,14H,3,6-7,9-10H2,1H3,(H,18,20)/t14-/m1/s1. The number of nitrogens with zero attached hydrogens (tertiary/aromatic N) is 1. The van der Waals surface area contributed by atoms with E-state index in [4.69, 9.17) is 9.47 Å². The van der Waals surface area contributed by atoms with Gasteiger partial charge in [-0.1, -0.05) is 12.1 Å². The van der Waals surface area contributed by atoms with Crippen molar-refractivity contribution in [1.82, 2.24) is 10.3 Å². The third-order valence-corrected chi connectivity index (χ3v) is 4.47. The van der Waals surface area contributed by atoms with Crippen LogP contribution in [0.2, 0.25) is 0 Å². The fourth-order valence-corrected chi connectivity index (χ4v) is 3.12. The van der Waals surface area contributed by atoms with Gasteiger partial charge >= 0.3 is 0 Å². The number of benzene rings is 1. The minimum atomic E-state index is -0.154. The van der Waals surface area contributed by atoms with Crippen molar-refractivity contribution in [2.45, 2.75) is 32.5 Å². The highest BCUT2D eigenvalue weighted by Gasteiger charge is 2.17. The minimum Gasteiger partial charge on any atom is -0.486 e. The highest BCUT2D eigenvalue weighted by atomic mass is 32.1. The van der Waals surface area contributed by atoms with Crippen LogP contribution in [-0.4, -0.2) is 30.1 Å². The Morgan fingerprint density at radius 1 is 1.52 bits per heavy atom. The molecule has 1 aliphatic heterocycles. The molecular formula is C17H20N2O3S. The Bertz CT molecular complexity index is 665. The largest absolute Gasteiger partial charge is 0.486 e. The Labute approximate surface area is 139 Å². The zero-order valence-electron chi connectivity index (χ0n) is 13.1. The quantitative estimate of drug-likeness (QED) is 0.883. The molecule has 0 radical (unpaired) electrons. The number of aryl methyl sites for hydroxylation is 1. The first-order valence-electron chi connectivity index (χ1n) is 7.74. The van der Waals surface area contributed by atoms with Crippen molar-refractivity contribution in [2.24, 2.45) is 0 Å². The van der Waals surface area contributed by atoms with Crippen LogP contribution < -0.4 is 10.1 Å². The van der Waals surface area contributed by atoms with E-state index >= 15 is 0 Å². The molecule has 1 aromatic heterocycles. The SMILES string of the molecule is Cc1cccc(OCc2nc(C(=O)NC[C@H]3CCCO3)cs2)c1. The molecule has 0 aliphatic carbocycles. The second-order valence-electron chi connectivity index (χ2n) is 5.58. The lowest BCUT2D eigenvalue weighted by molar-refractivity contribution is 0.0854. The Morgan fingerprint density at radius 3 is 3.22 bits per heavy atom. The monoisotopic (exact) mass is 332 g/mol. The number of ether oxygens (including phenoxy) is 2. The van der Waals surface area contributed by atoms with Gasteiger partial charge in [0, 0.05) is 18.5 Å². The van der Waals surface area contributed by atoms with Gasteiger partial charge in [-0.3, -0.25) is 4.79 Å². The summed E-state index contributed by atoms with van der Waals surface area (Å²) in [4.78, 5) is 16.4. The molecule has 0 bridgehead atoms. The number of hydrogen-bond donors (Lipinski definition) is 1. The molecule has 1 N–H and O–H groups in total. The molecule has 1 aromatic carbocycles. The van der Waals surface area contributed by atoms with E-state index < -0.39 is 0 Å². The van der Waals surface area contributed by atoms with Gasteiger partial charge in [0.2, 0.25) is 0 Å². The third-order valence-electron chi connectivity index (χ3n) is 3.65. The maximum Gasteiger partial charge on any atom is 0.270 e. The van der Waals surface area contributed by atoms with Crippen molar-refractivity contribution < 1.29 is 14.3 Å². The second-order valence-corrected chi connectivity index (χ2v) is 6.52. The van der Waals surface area contributed by atoms with Crippen molar-refractivity contribution in [3.63, 3.8) is 0 Å². The Morgan fingerprint density at radius 2 is 2.43 bits per heavy atom. The van der Waals surface area contributed by atoms with E-state index in [2.05, 4.69) is 10.3 Å². The summed E-state index contributed by atoms with van der Waals surface area (Å²) >= 11 is 1.43. The molecule has 2 heterocycles. The first-order valence-corrected chi connectivity index (χ1v) is 8.62. The normalized spacial score (nSPS) is 17.2. The number of amides is 1. The van der Waals surface area contributed by atoms with E-state index in [9.17, 15) is 4.79 Å². The lowest BCUT2D eigenvalue weighted by Gasteiger charge is -2.09. The fraction of sp³-hybridized carbons (Fsp3) is 0.412. The average molecular weight is 332 g/mol. The molecule has 0 unspecified atom stereocenters. The zero-order chi connectivity index (χ0) is 16.1. The number of rotatable bonds is 6. The highest BCUT2D eigenvalue weighted by molar-refractivity contribution is 7.09. The van der Waals surface area contributed by atoms with Crippen LogP contribution >= 0.6 is 11.3 Å².